The van der Waals surface area contributed by atoms with E-state index < -0.39 is 0 Å². The minimum absolute atomic E-state index is 0.120. The highest BCUT2D eigenvalue weighted by Gasteiger charge is 1.80. The fraction of sp³-hybridized carbons (Fsp3) is 0. The maximum Gasteiger partial charge on any atom is 0.173 e. The summed E-state index contributed by atoms with van der Waals surface area (Å²) < 4.78 is 4.34. The number of hydrogen-bond donors (Lipinski definition) is 1. The van der Waals surface area contributed by atoms with E-state index in [4.69, 9.17) is 5.11 Å². The normalized spacial score (nSPS) is 8.67. The maximum absolute atomic E-state index is 8.35. The molecule has 0 spiro atoms. The Hall–Kier alpha value is -0.920. The van der Waals surface area contributed by atoms with Crippen molar-refractivity contribution in [2.75, 3.05) is 0 Å². The van der Waals surface area contributed by atoms with E-state index in [1.54, 1.807) is 0 Å². The Kier molecular flexibility index (Phi) is 0.572. The van der Waals surface area contributed by atoms with Gasteiger partial charge in [0.15, 0.2) is 12.0 Å². The molecule has 1 aromatic heterocycles. The van der Waals surface area contributed by atoms with Crippen LogP contribution in [-0.2, 0) is 0 Å². The highest BCUT2D eigenvalue weighted by atomic mass is 16.3. The fourth-order valence-corrected chi connectivity index (χ4v) is 0.223. The van der Waals surface area contributed by atoms with Crippen LogP contribution in [-0.4, -0.2) is 5.11 Å². The van der Waals surface area contributed by atoms with Crippen LogP contribution in [0, 0.1) is 6.26 Å². The van der Waals surface area contributed by atoms with Crippen LogP contribution in [0.5, 0.6) is 5.75 Å². The number of aromatic hydroxyl groups is 1. The molecule has 2 nitrogen and oxygen atoms in total. The zero-order valence-corrected chi connectivity index (χ0v) is 3.01. The van der Waals surface area contributed by atoms with Crippen molar-refractivity contribution in [3.8, 4) is 5.75 Å². The van der Waals surface area contributed by atoms with Crippen LogP contribution in [0.4, 0.5) is 0 Å². The van der Waals surface area contributed by atoms with Gasteiger partial charge in [-0.15, -0.1) is 0 Å². The molecular weight excluding hydrogens is 80.0 g/mol. The van der Waals surface area contributed by atoms with Crippen LogP contribution < -0.4 is 0 Å². The smallest absolute Gasteiger partial charge is 0.173 e. The number of hydrogen-bond acceptors (Lipinski definition) is 2. The average Bonchev–Trinajstić information content (AvgIpc) is 1.86. The van der Waals surface area contributed by atoms with Crippen LogP contribution in [0.3, 0.4) is 0 Å². The van der Waals surface area contributed by atoms with Gasteiger partial charge in [-0.05, 0) is 0 Å². The molecule has 0 aromatic carbocycles. The van der Waals surface area contributed by atoms with Crippen LogP contribution in [0.2, 0.25) is 0 Å². The summed E-state index contributed by atoms with van der Waals surface area (Å²) in [5, 5.41) is 8.35. The lowest BCUT2D eigenvalue weighted by Crippen LogP contribution is -1.40. The van der Waals surface area contributed by atoms with Gasteiger partial charge in [0, 0.05) is 6.07 Å². The molecule has 1 N–H and O–H groups in total. The van der Waals surface area contributed by atoms with Crippen molar-refractivity contribution in [1.82, 2.24) is 0 Å². The minimum atomic E-state index is 0.120. The minimum Gasteiger partial charge on any atom is -0.505 e. The van der Waals surface area contributed by atoms with Gasteiger partial charge in [0.25, 0.3) is 0 Å². The summed E-state index contributed by atoms with van der Waals surface area (Å²) in [7, 11) is 0. The van der Waals surface area contributed by atoms with E-state index in [0.29, 0.717) is 0 Å². The van der Waals surface area contributed by atoms with Crippen molar-refractivity contribution >= 4 is 0 Å². The third kappa shape index (κ3) is 0.360. The predicted octanol–water partition coefficient (Wildman–Crippen LogP) is 0.785. The molecule has 2 heteroatoms. The van der Waals surface area contributed by atoms with Crippen LogP contribution in [0.1, 0.15) is 0 Å². The van der Waals surface area contributed by atoms with Gasteiger partial charge in [-0.1, -0.05) is 0 Å². The Morgan fingerprint density at radius 2 is 2.67 bits per heavy atom. The standard InChI is InChI=1S/C4H3O2/c5-4-1-2-6-3-4/h1,3,5H. The quantitative estimate of drug-likeness (QED) is 0.503. The van der Waals surface area contributed by atoms with Gasteiger partial charge in [0.2, 0.25) is 0 Å². The largest absolute Gasteiger partial charge is 0.505 e. The van der Waals surface area contributed by atoms with Crippen molar-refractivity contribution in [2.24, 2.45) is 0 Å². The van der Waals surface area contributed by atoms with Crippen molar-refractivity contribution in [3.05, 3.63) is 18.6 Å². The van der Waals surface area contributed by atoms with Gasteiger partial charge in [-0.3, -0.25) is 0 Å². The summed E-state index contributed by atoms with van der Waals surface area (Å²) >= 11 is 0. The van der Waals surface area contributed by atoms with E-state index in [-0.39, 0.29) is 5.75 Å². The lowest BCUT2D eigenvalue weighted by molar-refractivity contribution is 0.457. The molecule has 0 saturated heterocycles. The van der Waals surface area contributed by atoms with Gasteiger partial charge in [-0.2, -0.15) is 0 Å². The third-order valence-electron chi connectivity index (χ3n) is 0.455. The monoisotopic (exact) mass is 83.0 g/mol. The molecule has 0 aliphatic heterocycles. The molecule has 1 aromatic rings. The second kappa shape index (κ2) is 1.05. The molecule has 0 atom stereocenters. The van der Waals surface area contributed by atoms with Gasteiger partial charge >= 0.3 is 0 Å². The third-order valence-corrected chi connectivity index (χ3v) is 0.455. The Labute approximate surface area is 35.0 Å². The maximum atomic E-state index is 8.35. The summed E-state index contributed by atoms with van der Waals surface area (Å²) in [5.41, 5.74) is 0. The molecule has 0 unspecified atom stereocenters. The molecule has 0 saturated carbocycles. The first-order valence-corrected chi connectivity index (χ1v) is 1.53. The van der Waals surface area contributed by atoms with E-state index in [9.17, 15) is 0 Å². The highest BCUT2D eigenvalue weighted by Crippen LogP contribution is 2.03. The van der Waals surface area contributed by atoms with Crippen molar-refractivity contribution in [2.45, 2.75) is 0 Å². The van der Waals surface area contributed by atoms with Crippen LogP contribution in [0.25, 0.3) is 0 Å². The van der Waals surface area contributed by atoms with Crippen LogP contribution >= 0.6 is 0 Å². The molecule has 31 valence electrons. The molecule has 6 heavy (non-hydrogen) atoms. The number of rotatable bonds is 0. The zero-order valence-electron chi connectivity index (χ0n) is 3.01. The van der Waals surface area contributed by atoms with E-state index in [2.05, 4.69) is 10.7 Å². The van der Waals surface area contributed by atoms with Gasteiger partial charge in [0.05, 0.1) is 0 Å². The second-order valence-corrected chi connectivity index (χ2v) is 0.923. The predicted molar refractivity (Wildman–Crippen MR) is 19.2 cm³/mol. The Balaban J connectivity index is 3.05. The SMILES string of the molecule is Oc1c[c]oc1. The zero-order chi connectivity index (χ0) is 4.41. The molecular formula is C4H3O2. The molecule has 1 radical (unpaired) electrons. The molecule has 1 heterocycles. The first-order valence-electron chi connectivity index (χ1n) is 1.53. The average molecular weight is 83.1 g/mol. The van der Waals surface area contributed by atoms with Gasteiger partial charge < -0.3 is 9.52 Å². The Morgan fingerprint density at radius 1 is 1.83 bits per heavy atom. The van der Waals surface area contributed by atoms with Gasteiger partial charge in [-0.25, -0.2) is 0 Å². The summed E-state index contributed by atoms with van der Waals surface area (Å²) in [6.07, 6.45) is 3.51. The lowest BCUT2D eigenvalue weighted by Gasteiger charge is -1.65. The Bertz CT molecular complexity index is 109. The molecule has 0 fully saturated rings. The van der Waals surface area contributed by atoms with Crippen molar-refractivity contribution in [1.29, 1.82) is 0 Å². The molecule has 0 amide bonds. The topological polar surface area (TPSA) is 33.4 Å². The van der Waals surface area contributed by atoms with E-state index >= 15 is 0 Å². The number of furan rings is 1. The highest BCUT2D eigenvalue weighted by molar-refractivity contribution is 5.08. The van der Waals surface area contributed by atoms with Crippen molar-refractivity contribution < 1.29 is 9.52 Å². The van der Waals surface area contributed by atoms with E-state index in [0.717, 1.165) is 0 Å². The summed E-state index contributed by atoms with van der Waals surface area (Å²) in [5.74, 6) is 0.120. The molecule has 0 aliphatic carbocycles. The fourth-order valence-electron chi connectivity index (χ4n) is 0.223. The molecule has 0 bridgehead atoms. The summed E-state index contributed by atoms with van der Waals surface area (Å²) in [6, 6.07) is 1.35. The summed E-state index contributed by atoms with van der Waals surface area (Å²) in [6.45, 7) is 0. The van der Waals surface area contributed by atoms with E-state index in [1.165, 1.54) is 12.3 Å². The molecule has 0 aliphatic rings. The summed E-state index contributed by atoms with van der Waals surface area (Å²) in [4.78, 5) is 0. The van der Waals surface area contributed by atoms with Crippen LogP contribution in [0.15, 0.2) is 16.7 Å². The van der Waals surface area contributed by atoms with Gasteiger partial charge in [0.1, 0.15) is 6.26 Å². The first-order chi connectivity index (χ1) is 2.89. The Morgan fingerprint density at radius 3 is 2.83 bits per heavy atom. The second-order valence-electron chi connectivity index (χ2n) is 0.923. The molecule has 1 rings (SSSR count). The van der Waals surface area contributed by atoms with Crippen molar-refractivity contribution in [3.63, 3.8) is 0 Å². The lowest BCUT2D eigenvalue weighted by atomic mass is 10.6. The first kappa shape index (κ1) is 3.28. The van der Waals surface area contributed by atoms with E-state index in [1.807, 2.05) is 0 Å².